The molecular weight excluding hydrogens is 808 g/mol. The van der Waals surface area contributed by atoms with Gasteiger partial charge in [-0.1, -0.05) is 173 Å². The Hall–Kier alpha value is -2.30. The lowest BCUT2D eigenvalue weighted by molar-refractivity contribution is -0.161. The second-order valence-corrected chi connectivity index (χ2v) is 18.1. The van der Waals surface area contributed by atoms with Crippen LogP contribution in [0.3, 0.4) is 0 Å². The van der Waals surface area contributed by atoms with E-state index in [-0.39, 0.29) is 25.9 Å². The van der Waals surface area contributed by atoms with Crippen LogP contribution in [0.5, 0.6) is 0 Å². The van der Waals surface area contributed by atoms with E-state index in [1.54, 1.807) is 0 Å². The fourth-order valence-corrected chi connectivity index (χ4v) is 7.47. The summed E-state index contributed by atoms with van der Waals surface area (Å²) in [7, 11) is -4.73. The molecule has 11 nitrogen and oxygen atoms in total. The van der Waals surface area contributed by atoms with E-state index in [9.17, 15) is 28.9 Å². The maximum atomic E-state index is 12.8. The van der Waals surface area contributed by atoms with Gasteiger partial charge in [0.1, 0.15) is 12.7 Å². The molecule has 0 saturated heterocycles. The molecule has 2 N–H and O–H groups in total. The first-order valence-corrected chi connectivity index (χ1v) is 26.4. The van der Waals surface area contributed by atoms with Gasteiger partial charge < -0.3 is 24.2 Å². The van der Waals surface area contributed by atoms with E-state index in [0.717, 1.165) is 109 Å². The highest BCUT2D eigenvalue weighted by Gasteiger charge is 2.28. The highest BCUT2D eigenvalue weighted by molar-refractivity contribution is 7.47. The Morgan fingerprint density at radius 3 is 1.29 bits per heavy atom. The van der Waals surface area contributed by atoms with Crippen LogP contribution in [0.25, 0.3) is 0 Å². The molecule has 0 fully saturated rings. The summed E-state index contributed by atoms with van der Waals surface area (Å²) in [6.45, 7) is 4.50. The molecule has 3 unspecified atom stereocenters. The molecule has 0 spiro atoms. The summed E-state index contributed by atoms with van der Waals surface area (Å²) < 4.78 is 39.2. The zero-order valence-electron chi connectivity index (χ0n) is 39.6. The van der Waals surface area contributed by atoms with Crippen LogP contribution in [0.15, 0.2) is 36.5 Å². The zero-order chi connectivity index (χ0) is 45.6. The lowest BCUT2D eigenvalue weighted by atomic mass is 10.1. The molecule has 3 atom stereocenters. The van der Waals surface area contributed by atoms with Gasteiger partial charge in [-0.3, -0.25) is 23.4 Å². The Morgan fingerprint density at radius 2 is 0.823 bits per heavy atom. The van der Waals surface area contributed by atoms with Crippen LogP contribution in [0.4, 0.5) is 0 Å². The summed E-state index contributed by atoms with van der Waals surface area (Å²) in [5.74, 6) is -1.49. The summed E-state index contributed by atoms with van der Waals surface area (Å²) in [5.41, 5.74) is 0. The second-order valence-electron chi connectivity index (χ2n) is 16.6. The minimum Gasteiger partial charge on any atom is -0.462 e. The molecule has 0 heterocycles. The van der Waals surface area contributed by atoms with Gasteiger partial charge in [0.05, 0.1) is 19.8 Å². The summed E-state index contributed by atoms with van der Waals surface area (Å²) in [5, 5.41) is 9.75. The number of rotatable bonds is 46. The van der Waals surface area contributed by atoms with Crippen molar-refractivity contribution in [3.63, 3.8) is 0 Å². The van der Waals surface area contributed by atoms with Crippen LogP contribution in [-0.2, 0) is 42.2 Å². The molecule has 0 aromatic rings. The quantitative estimate of drug-likeness (QED) is 0.0197. The van der Waals surface area contributed by atoms with Gasteiger partial charge in [-0.05, 0) is 70.6 Å². The second kappa shape index (κ2) is 45.3. The zero-order valence-corrected chi connectivity index (χ0v) is 40.5. The van der Waals surface area contributed by atoms with Gasteiger partial charge in [0.25, 0.3) is 0 Å². The Labute approximate surface area is 378 Å². The first-order chi connectivity index (χ1) is 30.2. The van der Waals surface area contributed by atoms with Crippen molar-refractivity contribution in [2.24, 2.45) is 0 Å². The first kappa shape index (κ1) is 59.7. The molecule has 0 saturated carbocycles. The number of allylic oxidation sites excluding steroid dienone is 6. The summed E-state index contributed by atoms with van der Waals surface area (Å²) in [6.07, 6.45) is 42.6. The number of hydrogen-bond donors (Lipinski definition) is 2. The highest BCUT2D eigenvalue weighted by atomic mass is 31.2. The molecule has 0 aromatic heterocycles. The predicted octanol–water partition coefficient (Wildman–Crippen LogP) is 13.7. The van der Waals surface area contributed by atoms with Gasteiger partial charge in [-0.25, -0.2) is 4.57 Å². The predicted molar refractivity (Wildman–Crippen MR) is 252 cm³/mol. The van der Waals surface area contributed by atoms with E-state index in [0.29, 0.717) is 19.3 Å². The maximum Gasteiger partial charge on any atom is 0.472 e. The van der Waals surface area contributed by atoms with Crippen molar-refractivity contribution < 1.29 is 52.2 Å². The van der Waals surface area contributed by atoms with Crippen LogP contribution in [0.2, 0.25) is 0 Å². The van der Waals surface area contributed by atoms with Crippen LogP contribution >= 0.6 is 7.82 Å². The number of hydrogen-bond acceptors (Lipinski definition) is 10. The third-order valence-electron chi connectivity index (χ3n) is 10.5. The number of phosphoric acid groups is 1. The smallest absolute Gasteiger partial charge is 0.462 e. The fraction of sp³-hybridized carbons (Fsp3) is 0.820. The maximum absolute atomic E-state index is 12.8. The Balaban J connectivity index is 4.72. The van der Waals surface area contributed by atoms with Crippen molar-refractivity contribution in [1.29, 1.82) is 0 Å². The van der Waals surface area contributed by atoms with E-state index in [1.807, 2.05) is 0 Å². The molecule has 0 bridgehead atoms. The van der Waals surface area contributed by atoms with Gasteiger partial charge in [0.2, 0.25) is 0 Å². The van der Waals surface area contributed by atoms with Crippen LogP contribution in [-0.4, -0.2) is 66.5 Å². The standard InChI is InChI=1S/C50H91O11P/c1-4-7-10-13-16-19-21-23-25-28-31-34-37-40-49(53)60-46(42-51)44-58-62(55,56)59-45-47(43-57-48(52)39-36-33-30-27-18-15-12-9-6-3)61-50(54)41-38-35-32-29-26-24-22-20-17-14-11-8-5-2/h11,14,19-22,46-47,51H,4-10,12-13,15-18,23-45H2,1-3H3,(H,55,56)/b14-11-,21-19-,22-20-. The van der Waals surface area contributed by atoms with Crippen LogP contribution in [0, 0.1) is 0 Å². The monoisotopic (exact) mass is 899 g/mol. The fourth-order valence-electron chi connectivity index (χ4n) is 6.68. The number of carbonyl (C=O) groups excluding carboxylic acids is 3. The average Bonchev–Trinajstić information content (AvgIpc) is 3.25. The highest BCUT2D eigenvalue weighted by Crippen LogP contribution is 2.43. The largest absolute Gasteiger partial charge is 0.472 e. The topological polar surface area (TPSA) is 155 Å². The molecule has 362 valence electrons. The molecule has 12 heteroatoms. The molecule has 0 rings (SSSR count). The Kier molecular flexibility index (Phi) is 43.6. The molecule has 0 aliphatic carbocycles. The minimum atomic E-state index is -4.73. The molecule has 0 aliphatic heterocycles. The molecule has 62 heavy (non-hydrogen) atoms. The van der Waals surface area contributed by atoms with Crippen LogP contribution < -0.4 is 0 Å². The minimum absolute atomic E-state index is 0.153. The lowest BCUT2D eigenvalue weighted by Gasteiger charge is -2.21. The number of aliphatic hydroxyl groups excluding tert-OH is 1. The molecule has 0 amide bonds. The van der Waals surface area contributed by atoms with Gasteiger partial charge in [-0.2, -0.15) is 0 Å². The van der Waals surface area contributed by atoms with E-state index in [2.05, 4.69) is 57.2 Å². The summed E-state index contributed by atoms with van der Waals surface area (Å²) in [4.78, 5) is 48.1. The van der Waals surface area contributed by atoms with Crippen molar-refractivity contribution in [1.82, 2.24) is 0 Å². The number of esters is 3. The van der Waals surface area contributed by atoms with Crippen molar-refractivity contribution >= 4 is 25.7 Å². The Bertz CT molecular complexity index is 1190. The SMILES string of the molecule is CCC/C=C\C/C=C\CCCCCCCC(=O)OC(COC(=O)CCCCCCCCCCC)COP(=O)(O)OCC(CO)OC(=O)CCCCCCC/C=C\CCCCCC. The van der Waals surface area contributed by atoms with Gasteiger partial charge in [0, 0.05) is 19.3 Å². The van der Waals surface area contributed by atoms with Crippen molar-refractivity contribution in [2.75, 3.05) is 26.4 Å². The number of ether oxygens (including phenoxy) is 3. The first-order valence-electron chi connectivity index (χ1n) is 24.9. The van der Waals surface area contributed by atoms with E-state index < -0.39 is 57.8 Å². The number of carbonyl (C=O) groups is 3. The molecule has 0 aliphatic rings. The van der Waals surface area contributed by atoms with Crippen molar-refractivity contribution in [2.45, 2.75) is 238 Å². The van der Waals surface area contributed by atoms with Gasteiger partial charge in [-0.15, -0.1) is 0 Å². The molecule has 0 radical (unpaired) electrons. The van der Waals surface area contributed by atoms with Crippen molar-refractivity contribution in [3.05, 3.63) is 36.5 Å². The number of phosphoric ester groups is 1. The third kappa shape index (κ3) is 43.0. The van der Waals surface area contributed by atoms with Crippen LogP contribution in [0.1, 0.15) is 226 Å². The lowest BCUT2D eigenvalue weighted by Crippen LogP contribution is -2.30. The molecule has 0 aromatic carbocycles. The normalized spacial score (nSPS) is 13.8. The summed E-state index contributed by atoms with van der Waals surface area (Å²) in [6, 6.07) is 0. The van der Waals surface area contributed by atoms with Crippen molar-refractivity contribution in [3.8, 4) is 0 Å². The average molecular weight is 899 g/mol. The van der Waals surface area contributed by atoms with E-state index in [4.69, 9.17) is 23.3 Å². The van der Waals surface area contributed by atoms with E-state index >= 15 is 0 Å². The van der Waals surface area contributed by atoms with Gasteiger partial charge >= 0.3 is 25.7 Å². The third-order valence-corrected chi connectivity index (χ3v) is 11.5. The van der Waals surface area contributed by atoms with Gasteiger partial charge in [0.15, 0.2) is 6.10 Å². The Morgan fingerprint density at radius 1 is 0.452 bits per heavy atom. The number of unbranched alkanes of at least 4 members (excludes halogenated alkanes) is 23. The summed E-state index contributed by atoms with van der Waals surface area (Å²) >= 11 is 0. The molecular formula is C50H91O11P. The van der Waals surface area contributed by atoms with E-state index in [1.165, 1.54) is 57.8 Å². The number of aliphatic hydroxyl groups is 1.